The molecule has 0 unspecified atom stereocenters. The van der Waals surface area contributed by atoms with Gasteiger partial charge in [0.15, 0.2) is 0 Å². The highest BCUT2D eigenvalue weighted by Gasteiger charge is 2.33. The van der Waals surface area contributed by atoms with Crippen LogP contribution in [0.4, 0.5) is 0 Å². The van der Waals surface area contributed by atoms with Crippen LogP contribution in [0.1, 0.15) is 15.4 Å². The highest BCUT2D eigenvalue weighted by Crippen LogP contribution is 2.47. The van der Waals surface area contributed by atoms with E-state index >= 15 is 0 Å². The van der Waals surface area contributed by atoms with Crippen LogP contribution in [0.2, 0.25) is 25.7 Å². The predicted octanol–water partition coefficient (Wildman–Crippen LogP) is 5.38. The van der Waals surface area contributed by atoms with Gasteiger partial charge < -0.3 is 23.5 Å². The number of carbonyl (C=O) groups is 1. The molecule has 1 aliphatic heterocycles. The molecule has 0 spiro atoms. The Kier molecular flexibility index (Phi) is 8.33. The summed E-state index contributed by atoms with van der Waals surface area (Å²) in [7, 11) is 0.0475. The molecule has 0 amide bonds. The van der Waals surface area contributed by atoms with Crippen molar-refractivity contribution in [1.29, 1.82) is 5.26 Å². The van der Waals surface area contributed by atoms with E-state index in [2.05, 4.69) is 36.3 Å². The number of ether oxygens (including phenoxy) is 4. The molecule has 1 atom stereocenters. The fourth-order valence-corrected chi connectivity index (χ4v) is 6.59. The highest BCUT2D eigenvalue weighted by molar-refractivity contribution is 7.13. The lowest BCUT2D eigenvalue weighted by Gasteiger charge is -2.25. The molecule has 0 fully saturated rings. The van der Waals surface area contributed by atoms with Crippen LogP contribution in [0.25, 0.3) is 33.4 Å². The number of nitrogens with zero attached hydrogens (tertiary/aromatic N) is 5. The van der Waals surface area contributed by atoms with Crippen LogP contribution in [0, 0.1) is 25.2 Å². The molecule has 0 aliphatic carbocycles. The maximum atomic E-state index is 11.6. The molecule has 0 N–H and O–H groups in total. The van der Waals surface area contributed by atoms with Gasteiger partial charge in [-0.25, -0.2) is 14.5 Å². The fourth-order valence-electron chi connectivity index (χ4n) is 5.02. The van der Waals surface area contributed by atoms with Gasteiger partial charge in [-0.3, -0.25) is 0 Å². The summed E-state index contributed by atoms with van der Waals surface area (Å²) >= 11 is 1.48. The number of hydrogen-bond acceptors (Lipinski definition) is 9. The third kappa shape index (κ3) is 5.94. The summed E-state index contributed by atoms with van der Waals surface area (Å²) in [6, 6.07) is 9.46. The van der Waals surface area contributed by atoms with Crippen molar-refractivity contribution < 1.29 is 23.7 Å². The Morgan fingerprint density at radius 1 is 1.29 bits per heavy atom. The molecule has 5 rings (SSSR count). The molecule has 0 saturated heterocycles. The number of rotatable bonds is 10. The summed E-state index contributed by atoms with van der Waals surface area (Å²) < 4.78 is 26.8. The van der Waals surface area contributed by atoms with E-state index in [-0.39, 0.29) is 19.3 Å². The molecule has 0 saturated carbocycles. The van der Waals surface area contributed by atoms with Gasteiger partial charge in [0.1, 0.15) is 42.6 Å². The van der Waals surface area contributed by atoms with E-state index in [0.717, 1.165) is 50.0 Å². The Morgan fingerprint density at radius 2 is 2.10 bits per heavy atom. The number of nitriles is 1. The summed E-state index contributed by atoms with van der Waals surface area (Å²) in [5, 5.41) is 15.8. The average Bonchev–Trinajstić information content (AvgIpc) is 3.57. The monoisotopic (exact) mass is 593 g/mol. The molecular weight excluding hydrogens is 559 g/mol. The van der Waals surface area contributed by atoms with Crippen LogP contribution in [-0.4, -0.2) is 66.4 Å². The lowest BCUT2D eigenvalue weighted by atomic mass is 9.99. The zero-order valence-corrected chi connectivity index (χ0v) is 26.1. The van der Waals surface area contributed by atoms with E-state index in [1.54, 1.807) is 10.9 Å². The zero-order valence-electron chi connectivity index (χ0n) is 24.3. The Bertz CT molecular complexity index is 1630. The van der Waals surface area contributed by atoms with Crippen LogP contribution in [-0.2, 0) is 32.3 Å². The van der Waals surface area contributed by atoms with Gasteiger partial charge in [-0.05, 0) is 38.1 Å². The summed E-state index contributed by atoms with van der Waals surface area (Å²) in [4.78, 5) is 18.1. The molecule has 4 aromatic heterocycles. The lowest BCUT2D eigenvalue weighted by molar-refractivity contribution is -0.149. The quantitative estimate of drug-likeness (QED) is 0.137. The van der Waals surface area contributed by atoms with Crippen molar-refractivity contribution >= 4 is 36.4 Å². The Balaban J connectivity index is 1.65. The largest absolute Gasteiger partial charge is 0.475 e. The Hall–Kier alpha value is -3.50. The molecule has 10 nitrogen and oxygen atoms in total. The van der Waals surface area contributed by atoms with Gasteiger partial charge in [0.2, 0.25) is 5.88 Å². The number of aromatic nitrogens is 4. The Morgan fingerprint density at radius 3 is 2.83 bits per heavy atom. The molecule has 5 heterocycles. The zero-order chi connectivity index (χ0) is 29.3. The number of carbonyl (C=O) groups excluding carboxylic acids is 1. The summed E-state index contributed by atoms with van der Waals surface area (Å²) in [6.45, 7) is 12.4. The molecule has 41 heavy (non-hydrogen) atoms. The van der Waals surface area contributed by atoms with Crippen molar-refractivity contribution in [2.24, 2.45) is 0 Å². The number of hydrogen-bond donors (Lipinski definition) is 0. The average molecular weight is 594 g/mol. The molecule has 4 aromatic rings. The van der Waals surface area contributed by atoms with Gasteiger partial charge in [0.05, 0.1) is 30.6 Å². The number of esters is 1. The minimum Gasteiger partial charge on any atom is -0.475 e. The van der Waals surface area contributed by atoms with E-state index in [0.29, 0.717) is 30.6 Å². The number of aryl methyl sites for hydroxylation is 2. The minimum atomic E-state index is -1.28. The van der Waals surface area contributed by atoms with Gasteiger partial charge in [-0.1, -0.05) is 19.6 Å². The fraction of sp³-hybridized carbons (Fsp3) is 0.448. The predicted molar refractivity (Wildman–Crippen MR) is 160 cm³/mol. The van der Waals surface area contributed by atoms with E-state index in [4.69, 9.17) is 29.0 Å². The standard InChI is InChI=1S/C29H35N5O5SSi/c1-18-12-22(23(13-30)40-18)26-21-8-7-9-31-28(21)33(17-37-10-11-41(4,5)6)27(26)25-19(2)32-34-14-20(15-39-29(25)34)38-16-24(35)36-3/h7-9,12,20H,10-11,14-17H2,1-6H3/t20-/m0/s1. The first-order valence-corrected chi connectivity index (χ1v) is 18.1. The third-order valence-electron chi connectivity index (χ3n) is 7.03. The highest BCUT2D eigenvalue weighted by atomic mass is 32.1. The van der Waals surface area contributed by atoms with Crippen LogP contribution in [0.3, 0.4) is 0 Å². The van der Waals surface area contributed by atoms with Crippen molar-refractivity contribution in [2.75, 3.05) is 26.9 Å². The van der Waals surface area contributed by atoms with Gasteiger partial charge in [-0.2, -0.15) is 10.4 Å². The van der Waals surface area contributed by atoms with Crippen LogP contribution < -0.4 is 4.74 Å². The number of methoxy groups -OCH3 is 1. The minimum absolute atomic E-state index is 0.153. The van der Waals surface area contributed by atoms with Crippen molar-refractivity contribution in [2.45, 2.75) is 58.9 Å². The molecule has 0 radical (unpaired) electrons. The van der Waals surface area contributed by atoms with Gasteiger partial charge in [0.25, 0.3) is 0 Å². The molecule has 12 heteroatoms. The van der Waals surface area contributed by atoms with Gasteiger partial charge in [0, 0.05) is 42.3 Å². The molecule has 0 bridgehead atoms. The second kappa shape index (κ2) is 11.8. The maximum absolute atomic E-state index is 11.6. The van der Waals surface area contributed by atoms with E-state index < -0.39 is 14.0 Å². The third-order valence-corrected chi connectivity index (χ3v) is 9.69. The van der Waals surface area contributed by atoms with Gasteiger partial charge in [-0.15, -0.1) is 11.3 Å². The van der Waals surface area contributed by atoms with Crippen molar-refractivity contribution in [3.8, 4) is 34.3 Å². The molecule has 0 aromatic carbocycles. The van der Waals surface area contributed by atoms with Crippen molar-refractivity contribution in [3.63, 3.8) is 0 Å². The summed E-state index contributed by atoms with van der Waals surface area (Å²) in [5.74, 6) is 0.168. The first-order chi connectivity index (χ1) is 19.6. The second-order valence-corrected chi connectivity index (χ2v) is 18.2. The maximum Gasteiger partial charge on any atom is 0.331 e. The van der Waals surface area contributed by atoms with E-state index in [1.165, 1.54) is 18.4 Å². The summed E-state index contributed by atoms with van der Waals surface area (Å²) in [5.41, 5.74) is 4.99. The van der Waals surface area contributed by atoms with Crippen LogP contribution in [0.15, 0.2) is 24.4 Å². The topological polar surface area (TPSA) is 113 Å². The van der Waals surface area contributed by atoms with Crippen LogP contribution >= 0.6 is 11.3 Å². The van der Waals surface area contributed by atoms with E-state index in [9.17, 15) is 10.1 Å². The number of pyridine rings is 1. The molecule has 1 aliphatic rings. The first-order valence-electron chi connectivity index (χ1n) is 13.6. The summed E-state index contributed by atoms with van der Waals surface area (Å²) in [6.07, 6.45) is 1.42. The SMILES string of the molecule is COC(=O)CO[C@@H]1COc2c(-c3c(-c4cc(C)sc4C#N)c4cccnc4n3COCC[Si](C)(C)C)c(C)nn2C1. The Labute approximate surface area is 244 Å². The van der Waals surface area contributed by atoms with Crippen molar-refractivity contribution in [3.05, 3.63) is 39.8 Å². The number of fused-ring (bicyclic) bond motifs is 2. The van der Waals surface area contributed by atoms with Crippen molar-refractivity contribution in [1.82, 2.24) is 19.3 Å². The molecular formula is C29H35N5O5SSi. The molecule has 216 valence electrons. The second-order valence-electron chi connectivity index (χ2n) is 11.4. The normalized spacial score (nSPS) is 15.0. The lowest BCUT2D eigenvalue weighted by Crippen LogP contribution is -2.34. The van der Waals surface area contributed by atoms with Gasteiger partial charge >= 0.3 is 5.97 Å². The van der Waals surface area contributed by atoms with Crippen LogP contribution in [0.5, 0.6) is 5.88 Å². The smallest absolute Gasteiger partial charge is 0.331 e. The first kappa shape index (κ1) is 29.0. The van der Waals surface area contributed by atoms with E-state index in [1.807, 2.05) is 26.0 Å². The number of thiophene rings is 1.